The Balaban J connectivity index is 1.27. The van der Waals surface area contributed by atoms with Crippen LogP contribution in [0.3, 0.4) is 0 Å². The van der Waals surface area contributed by atoms with E-state index in [0.29, 0.717) is 45.2 Å². The summed E-state index contributed by atoms with van der Waals surface area (Å²) in [6, 6.07) is 39.6. The molecule has 0 unspecified atom stereocenters. The summed E-state index contributed by atoms with van der Waals surface area (Å²) < 4.78 is 87.7. The number of para-hydroxylation sites is 3. The van der Waals surface area contributed by atoms with E-state index in [2.05, 4.69) is 0 Å². The third-order valence-corrected chi connectivity index (χ3v) is 10.0. The van der Waals surface area contributed by atoms with E-state index >= 15 is 0 Å². The van der Waals surface area contributed by atoms with Crippen molar-refractivity contribution in [3.05, 3.63) is 194 Å². The van der Waals surface area contributed by atoms with E-state index in [1.54, 1.807) is 22.8 Å². The van der Waals surface area contributed by atoms with Crippen LogP contribution in [0.2, 0.25) is 0 Å². The van der Waals surface area contributed by atoms with Gasteiger partial charge in [-0.2, -0.15) is 0 Å². The standard InChI is InChI=1S/C51H32N4O/c1-4-16-33(17-5-1)36-30-37(32-38(31-36)55-44-27-12-10-22-40(44)41-25-14-24-39(48(41)55)34-18-6-2-7-19-34)50-52-49(35-20-8-3-9-21-35)53-51(54-50)43-26-15-29-46-47(43)42-23-11-13-28-45(42)56-46/h1-32H/i2D,6D,7D,10D,12D,18D,19D,22D,27D. The van der Waals surface area contributed by atoms with Crippen LogP contribution in [0.4, 0.5) is 0 Å². The van der Waals surface area contributed by atoms with Crippen LogP contribution in [0.25, 0.3) is 106 Å². The molecular weight excluding hydrogens is 685 g/mol. The Bertz CT molecular complexity index is 3750. The van der Waals surface area contributed by atoms with E-state index < -0.39 is 42.3 Å². The summed E-state index contributed by atoms with van der Waals surface area (Å²) >= 11 is 0. The van der Waals surface area contributed by atoms with Crippen LogP contribution in [0.15, 0.2) is 198 Å². The summed E-state index contributed by atoms with van der Waals surface area (Å²) in [7, 11) is 0. The fourth-order valence-corrected chi connectivity index (χ4v) is 7.58. The van der Waals surface area contributed by atoms with Gasteiger partial charge in [-0.05, 0) is 53.1 Å². The smallest absolute Gasteiger partial charge is 0.164 e. The van der Waals surface area contributed by atoms with Crippen molar-refractivity contribution in [1.29, 1.82) is 0 Å². The summed E-state index contributed by atoms with van der Waals surface area (Å²) in [6.07, 6.45) is 0. The van der Waals surface area contributed by atoms with Gasteiger partial charge in [0.2, 0.25) is 0 Å². The van der Waals surface area contributed by atoms with E-state index in [-0.39, 0.29) is 34.1 Å². The molecule has 3 heterocycles. The van der Waals surface area contributed by atoms with Crippen LogP contribution in [0.1, 0.15) is 12.3 Å². The highest BCUT2D eigenvalue weighted by Crippen LogP contribution is 2.41. The van der Waals surface area contributed by atoms with Gasteiger partial charge in [0.1, 0.15) is 11.2 Å². The van der Waals surface area contributed by atoms with Crippen LogP contribution in [-0.2, 0) is 0 Å². The quantitative estimate of drug-likeness (QED) is 0.171. The van der Waals surface area contributed by atoms with Crippen molar-refractivity contribution >= 4 is 43.7 Å². The molecular formula is C51H32N4O. The number of furan rings is 1. The molecule has 5 nitrogen and oxygen atoms in total. The van der Waals surface area contributed by atoms with Gasteiger partial charge in [-0.25, -0.2) is 15.0 Å². The maximum atomic E-state index is 9.39. The second-order valence-electron chi connectivity index (χ2n) is 13.3. The molecule has 56 heavy (non-hydrogen) atoms. The van der Waals surface area contributed by atoms with Gasteiger partial charge >= 0.3 is 0 Å². The minimum Gasteiger partial charge on any atom is -0.456 e. The number of hydrogen-bond donors (Lipinski definition) is 0. The lowest BCUT2D eigenvalue weighted by atomic mass is 10.00. The zero-order chi connectivity index (χ0) is 44.8. The Kier molecular flexibility index (Phi) is 5.57. The van der Waals surface area contributed by atoms with Crippen LogP contribution in [-0.4, -0.2) is 19.5 Å². The second-order valence-corrected chi connectivity index (χ2v) is 13.3. The van der Waals surface area contributed by atoms with Crippen molar-refractivity contribution in [1.82, 2.24) is 19.5 Å². The average Bonchev–Trinajstić information content (AvgIpc) is 3.91. The second kappa shape index (κ2) is 13.0. The predicted molar refractivity (Wildman–Crippen MR) is 229 cm³/mol. The first kappa shape index (κ1) is 23.9. The molecule has 0 aliphatic carbocycles. The molecule has 8 aromatic carbocycles. The zero-order valence-corrected chi connectivity index (χ0v) is 29.5. The van der Waals surface area contributed by atoms with Gasteiger partial charge in [-0.1, -0.05) is 158 Å². The van der Waals surface area contributed by atoms with Gasteiger partial charge < -0.3 is 8.98 Å². The SMILES string of the molecule is [2H]c1c([2H])c([2H])c(-c2cccc3c4c([2H])c([2H])c([2H])c([2H])c4n(-c4cc(-c5ccccc5)cc(-c5nc(-c6ccccc6)nc(-c6cccc7oc8ccccc8c67)n5)c4)c23)c([2H])c1[2H]. The minimum atomic E-state index is -0.542. The Morgan fingerprint density at radius 1 is 0.429 bits per heavy atom. The Morgan fingerprint density at radius 2 is 1.05 bits per heavy atom. The van der Waals surface area contributed by atoms with Gasteiger partial charge in [0.05, 0.1) is 23.4 Å². The molecule has 11 rings (SSSR count). The third-order valence-electron chi connectivity index (χ3n) is 10.0. The van der Waals surface area contributed by atoms with Crippen LogP contribution in [0.5, 0.6) is 0 Å². The Labute approximate surface area is 335 Å². The lowest BCUT2D eigenvalue weighted by molar-refractivity contribution is 0.669. The fourth-order valence-electron chi connectivity index (χ4n) is 7.58. The largest absolute Gasteiger partial charge is 0.456 e. The first-order chi connectivity index (χ1) is 31.5. The van der Waals surface area contributed by atoms with E-state index in [1.165, 1.54) is 0 Å². The van der Waals surface area contributed by atoms with Gasteiger partial charge in [0.15, 0.2) is 17.5 Å². The van der Waals surface area contributed by atoms with Crippen LogP contribution >= 0.6 is 0 Å². The van der Waals surface area contributed by atoms with Crippen molar-refractivity contribution in [2.45, 2.75) is 0 Å². The number of aromatic nitrogens is 4. The molecule has 0 aliphatic rings. The Morgan fingerprint density at radius 3 is 1.89 bits per heavy atom. The number of fused-ring (bicyclic) bond motifs is 6. The van der Waals surface area contributed by atoms with Gasteiger partial charge in [-0.3, -0.25) is 0 Å². The molecule has 0 bridgehead atoms. The van der Waals surface area contributed by atoms with Crippen LogP contribution < -0.4 is 0 Å². The van der Waals surface area contributed by atoms with Gasteiger partial charge in [0.25, 0.3) is 0 Å². The van der Waals surface area contributed by atoms with E-state index in [1.807, 2.05) is 121 Å². The minimum absolute atomic E-state index is 0.0732. The van der Waals surface area contributed by atoms with E-state index in [0.717, 1.165) is 38.6 Å². The molecule has 3 aromatic heterocycles. The lowest BCUT2D eigenvalue weighted by Gasteiger charge is -2.16. The monoisotopic (exact) mass is 725 g/mol. The first-order valence-electron chi connectivity index (χ1n) is 22.5. The summed E-state index contributed by atoms with van der Waals surface area (Å²) in [5.41, 5.74) is 6.05. The van der Waals surface area contributed by atoms with Gasteiger partial charge in [-0.15, -0.1) is 0 Å². The Hall–Kier alpha value is -7.63. The van der Waals surface area contributed by atoms with Crippen molar-refractivity contribution in [2.75, 3.05) is 0 Å². The summed E-state index contributed by atoms with van der Waals surface area (Å²) in [5.74, 6) is 1.12. The topological polar surface area (TPSA) is 56.7 Å². The maximum Gasteiger partial charge on any atom is 0.164 e. The number of hydrogen-bond acceptors (Lipinski definition) is 4. The summed E-state index contributed by atoms with van der Waals surface area (Å²) in [6.45, 7) is 0. The number of rotatable bonds is 6. The molecule has 0 amide bonds. The predicted octanol–water partition coefficient (Wildman–Crippen LogP) is 13.2. The third kappa shape index (κ3) is 5.29. The highest BCUT2D eigenvalue weighted by molar-refractivity contribution is 6.14. The van der Waals surface area contributed by atoms with Crippen molar-refractivity contribution in [2.24, 2.45) is 0 Å². The molecule has 0 atom stereocenters. The van der Waals surface area contributed by atoms with Crippen molar-refractivity contribution in [3.63, 3.8) is 0 Å². The number of nitrogens with zero attached hydrogens (tertiary/aromatic N) is 4. The molecule has 0 saturated heterocycles. The molecule has 0 aliphatic heterocycles. The molecule has 5 heteroatoms. The molecule has 0 fully saturated rings. The number of benzene rings is 8. The molecule has 0 saturated carbocycles. The van der Waals surface area contributed by atoms with Crippen LogP contribution in [0, 0.1) is 0 Å². The van der Waals surface area contributed by atoms with E-state index in [9.17, 15) is 2.74 Å². The highest BCUT2D eigenvalue weighted by Gasteiger charge is 2.21. The molecule has 0 N–H and O–H groups in total. The summed E-state index contributed by atoms with van der Waals surface area (Å²) in [4.78, 5) is 15.3. The zero-order valence-electron chi connectivity index (χ0n) is 38.5. The molecule has 0 spiro atoms. The van der Waals surface area contributed by atoms with E-state index in [4.69, 9.17) is 29.0 Å². The lowest BCUT2D eigenvalue weighted by Crippen LogP contribution is -2.02. The van der Waals surface area contributed by atoms with Crippen molar-refractivity contribution in [3.8, 4) is 62.1 Å². The highest BCUT2D eigenvalue weighted by atomic mass is 16.3. The molecule has 0 radical (unpaired) electrons. The summed E-state index contributed by atoms with van der Waals surface area (Å²) in [5, 5.41) is 2.36. The van der Waals surface area contributed by atoms with Gasteiger partial charge in [0, 0.05) is 49.5 Å². The maximum absolute atomic E-state index is 9.39. The molecule has 11 aromatic rings. The average molecular weight is 726 g/mol. The fraction of sp³-hybridized carbons (Fsp3) is 0. The molecule has 262 valence electrons. The normalized spacial score (nSPS) is 13.8. The first-order valence-corrected chi connectivity index (χ1v) is 18.0. The van der Waals surface area contributed by atoms with Crippen molar-refractivity contribution < 1.29 is 16.8 Å².